The molecule has 4 nitrogen and oxygen atoms in total. The molecule has 2 rings (SSSR count). The zero-order chi connectivity index (χ0) is 18.1. The van der Waals surface area contributed by atoms with Gasteiger partial charge in [-0.15, -0.1) is 12.4 Å². The van der Waals surface area contributed by atoms with Crippen molar-refractivity contribution in [3.05, 3.63) is 70.7 Å². The average molecular weight is 395 g/mol. The Labute approximate surface area is 165 Å². The quantitative estimate of drug-likeness (QED) is 0.658. The second-order valence-corrected chi connectivity index (χ2v) is 6.27. The van der Waals surface area contributed by atoms with Gasteiger partial charge in [0.1, 0.15) is 0 Å². The van der Waals surface area contributed by atoms with Gasteiger partial charge in [0.15, 0.2) is 5.78 Å². The van der Waals surface area contributed by atoms with E-state index in [2.05, 4.69) is 0 Å². The fourth-order valence-electron chi connectivity index (χ4n) is 2.58. The number of carbonyl (C=O) groups is 2. The van der Waals surface area contributed by atoms with Crippen LogP contribution in [-0.4, -0.2) is 36.2 Å². The summed E-state index contributed by atoms with van der Waals surface area (Å²) in [6.45, 7) is 1.52. The van der Waals surface area contributed by atoms with E-state index in [1.54, 1.807) is 29.2 Å². The molecule has 6 heteroatoms. The number of Topliss-reactive ketones (excluding diaryl/α,β-unsaturated/α-hetero) is 1. The molecule has 0 aliphatic rings. The van der Waals surface area contributed by atoms with Crippen LogP contribution in [0.2, 0.25) is 5.02 Å². The summed E-state index contributed by atoms with van der Waals surface area (Å²) in [6, 6.07) is 16.7. The van der Waals surface area contributed by atoms with Gasteiger partial charge in [-0.25, -0.2) is 0 Å². The Morgan fingerprint density at radius 2 is 1.58 bits per heavy atom. The average Bonchev–Trinajstić information content (AvgIpc) is 2.64. The van der Waals surface area contributed by atoms with Crippen LogP contribution in [0.5, 0.6) is 0 Å². The van der Waals surface area contributed by atoms with Gasteiger partial charge >= 0.3 is 0 Å². The van der Waals surface area contributed by atoms with Gasteiger partial charge in [-0.2, -0.15) is 0 Å². The molecule has 2 N–H and O–H groups in total. The number of carbonyl (C=O) groups excluding carboxylic acids is 2. The van der Waals surface area contributed by atoms with Crippen LogP contribution < -0.4 is 5.73 Å². The fraction of sp³-hybridized carbons (Fsp3) is 0.300. The summed E-state index contributed by atoms with van der Waals surface area (Å²) in [7, 11) is 0. The smallest absolute Gasteiger partial charge is 0.223 e. The number of nitrogens with two attached hydrogens (primary N) is 1. The molecule has 1 amide bonds. The van der Waals surface area contributed by atoms with Crippen molar-refractivity contribution in [2.75, 3.05) is 19.6 Å². The maximum atomic E-state index is 12.4. The Morgan fingerprint density at radius 1 is 0.923 bits per heavy atom. The van der Waals surface area contributed by atoms with Crippen LogP contribution in [0.15, 0.2) is 54.6 Å². The van der Waals surface area contributed by atoms with Crippen molar-refractivity contribution in [3.8, 4) is 0 Å². The molecule has 0 saturated carbocycles. The number of amides is 1. The number of benzene rings is 2. The van der Waals surface area contributed by atoms with Gasteiger partial charge in [0.05, 0.1) is 0 Å². The van der Waals surface area contributed by atoms with Gasteiger partial charge in [0.2, 0.25) is 5.91 Å². The minimum Gasteiger partial charge on any atom is -0.341 e. The molecule has 0 unspecified atom stereocenters. The summed E-state index contributed by atoms with van der Waals surface area (Å²) >= 11 is 5.82. The minimum atomic E-state index is -0.0548. The summed E-state index contributed by atoms with van der Waals surface area (Å²) < 4.78 is 0. The van der Waals surface area contributed by atoms with E-state index < -0.39 is 0 Å². The number of ketones is 1. The van der Waals surface area contributed by atoms with Crippen molar-refractivity contribution in [2.45, 2.75) is 19.3 Å². The van der Waals surface area contributed by atoms with E-state index in [4.69, 9.17) is 17.3 Å². The maximum Gasteiger partial charge on any atom is 0.223 e. The Kier molecular flexibility index (Phi) is 9.96. The van der Waals surface area contributed by atoms with Crippen LogP contribution in [0.4, 0.5) is 0 Å². The Morgan fingerprint density at radius 3 is 2.19 bits per heavy atom. The molecule has 2 aromatic carbocycles. The monoisotopic (exact) mass is 394 g/mol. The lowest BCUT2D eigenvalue weighted by Crippen LogP contribution is -2.37. The molecule has 0 atom stereocenters. The molecule has 26 heavy (non-hydrogen) atoms. The zero-order valence-electron chi connectivity index (χ0n) is 14.6. The molecule has 0 saturated heterocycles. The molecule has 0 fully saturated rings. The van der Waals surface area contributed by atoms with Crippen LogP contribution in [-0.2, 0) is 11.2 Å². The van der Waals surface area contributed by atoms with E-state index in [9.17, 15) is 9.59 Å². The minimum absolute atomic E-state index is 0. The number of nitrogens with zero attached hydrogens (tertiary/aromatic N) is 1. The second-order valence-electron chi connectivity index (χ2n) is 5.84. The van der Waals surface area contributed by atoms with Crippen LogP contribution in [0.1, 0.15) is 28.8 Å². The topological polar surface area (TPSA) is 63.4 Å². The molecule has 2 aromatic rings. The SMILES string of the molecule is Cl.NCCN(CCc1ccccc1)C(=O)CCC(=O)c1ccc(Cl)cc1. The second kappa shape index (κ2) is 11.7. The van der Waals surface area contributed by atoms with Gasteiger partial charge in [0, 0.05) is 43.1 Å². The van der Waals surface area contributed by atoms with Crippen LogP contribution in [0.25, 0.3) is 0 Å². The van der Waals surface area contributed by atoms with Crippen molar-refractivity contribution in [1.82, 2.24) is 4.90 Å². The van der Waals surface area contributed by atoms with Crippen molar-refractivity contribution < 1.29 is 9.59 Å². The van der Waals surface area contributed by atoms with Gasteiger partial charge in [-0.05, 0) is 36.2 Å². The van der Waals surface area contributed by atoms with E-state index in [0.717, 1.165) is 6.42 Å². The largest absolute Gasteiger partial charge is 0.341 e. The van der Waals surface area contributed by atoms with E-state index in [1.807, 2.05) is 30.3 Å². The third kappa shape index (κ3) is 7.16. The maximum absolute atomic E-state index is 12.4. The van der Waals surface area contributed by atoms with E-state index >= 15 is 0 Å². The van der Waals surface area contributed by atoms with Gasteiger partial charge in [-0.1, -0.05) is 41.9 Å². The molecule has 0 bridgehead atoms. The molecule has 0 spiro atoms. The zero-order valence-corrected chi connectivity index (χ0v) is 16.1. The lowest BCUT2D eigenvalue weighted by Gasteiger charge is -2.22. The molecule has 140 valence electrons. The van der Waals surface area contributed by atoms with Crippen LogP contribution in [0, 0.1) is 0 Å². The van der Waals surface area contributed by atoms with Crippen molar-refractivity contribution in [2.24, 2.45) is 5.73 Å². The summed E-state index contributed by atoms with van der Waals surface area (Å²) in [5.41, 5.74) is 7.38. The summed E-state index contributed by atoms with van der Waals surface area (Å²) in [5.74, 6) is -0.0931. The lowest BCUT2D eigenvalue weighted by atomic mass is 10.1. The standard InChI is InChI=1S/C20H23ClN2O2.ClH/c21-18-8-6-17(7-9-18)19(24)10-11-20(25)23(15-13-22)14-12-16-4-2-1-3-5-16;/h1-9H,10-15,22H2;1H. The van der Waals surface area contributed by atoms with Crippen molar-refractivity contribution in [1.29, 1.82) is 0 Å². The molecule has 0 aliphatic carbocycles. The Bertz CT molecular complexity index is 691. The number of hydrogen-bond donors (Lipinski definition) is 1. The fourth-order valence-corrected chi connectivity index (χ4v) is 2.71. The highest BCUT2D eigenvalue weighted by molar-refractivity contribution is 6.30. The first-order valence-electron chi connectivity index (χ1n) is 8.40. The Hall–Kier alpha value is -1.88. The predicted octanol–water partition coefficient (Wildman–Crippen LogP) is 3.75. The van der Waals surface area contributed by atoms with Gasteiger partial charge in [0.25, 0.3) is 0 Å². The molecule has 0 aromatic heterocycles. The highest BCUT2D eigenvalue weighted by Crippen LogP contribution is 2.12. The predicted molar refractivity (Wildman–Crippen MR) is 108 cm³/mol. The third-order valence-corrected chi connectivity index (χ3v) is 4.25. The van der Waals surface area contributed by atoms with E-state index in [-0.39, 0.29) is 36.9 Å². The number of hydrogen-bond acceptors (Lipinski definition) is 3. The third-order valence-electron chi connectivity index (χ3n) is 4.00. The normalized spacial score (nSPS) is 10.1. The molecular weight excluding hydrogens is 371 g/mol. The number of halogens is 2. The summed E-state index contributed by atoms with van der Waals surface area (Å²) in [5, 5.41) is 0.586. The first-order chi connectivity index (χ1) is 12.1. The Balaban J connectivity index is 0.00000338. The molecule has 0 aliphatic heterocycles. The van der Waals surface area contributed by atoms with Crippen LogP contribution in [0.3, 0.4) is 0 Å². The lowest BCUT2D eigenvalue weighted by molar-refractivity contribution is -0.131. The van der Waals surface area contributed by atoms with Crippen molar-refractivity contribution >= 4 is 35.7 Å². The summed E-state index contributed by atoms with van der Waals surface area (Å²) in [6.07, 6.45) is 1.15. The highest BCUT2D eigenvalue weighted by atomic mass is 35.5. The highest BCUT2D eigenvalue weighted by Gasteiger charge is 2.15. The molecular formula is C20H24Cl2N2O2. The molecule has 0 heterocycles. The van der Waals surface area contributed by atoms with Crippen LogP contribution >= 0.6 is 24.0 Å². The van der Waals surface area contributed by atoms with Gasteiger partial charge in [-0.3, -0.25) is 9.59 Å². The van der Waals surface area contributed by atoms with E-state index in [1.165, 1.54) is 5.56 Å². The van der Waals surface area contributed by atoms with E-state index in [0.29, 0.717) is 30.2 Å². The number of rotatable bonds is 9. The van der Waals surface area contributed by atoms with Gasteiger partial charge < -0.3 is 10.6 Å². The molecule has 0 radical (unpaired) electrons. The first kappa shape index (κ1) is 22.2. The van der Waals surface area contributed by atoms with Crippen molar-refractivity contribution in [3.63, 3.8) is 0 Å². The summed E-state index contributed by atoms with van der Waals surface area (Å²) in [4.78, 5) is 26.4. The first-order valence-corrected chi connectivity index (χ1v) is 8.78.